The van der Waals surface area contributed by atoms with Gasteiger partial charge in [0.25, 0.3) is 5.91 Å². The molecule has 1 aliphatic rings. The van der Waals surface area contributed by atoms with Gasteiger partial charge >= 0.3 is 0 Å². The molecule has 1 aliphatic heterocycles. The second kappa shape index (κ2) is 11.8. The van der Waals surface area contributed by atoms with Gasteiger partial charge in [-0.15, -0.1) is 0 Å². The Morgan fingerprint density at radius 1 is 1.00 bits per heavy atom. The lowest BCUT2D eigenvalue weighted by atomic mass is 9.94. The van der Waals surface area contributed by atoms with Crippen LogP contribution in [-0.4, -0.2) is 38.3 Å². The summed E-state index contributed by atoms with van der Waals surface area (Å²) in [5.41, 5.74) is 1.46. The molecule has 0 bridgehead atoms. The van der Waals surface area contributed by atoms with Crippen LogP contribution in [-0.2, 0) is 16.4 Å². The van der Waals surface area contributed by atoms with E-state index < -0.39 is 10.0 Å². The lowest BCUT2D eigenvalue weighted by Crippen LogP contribution is -2.42. The Kier molecular flexibility index (Phi) is 8.78. The molecule has 2 atom stereocenters. The van der Waals surface area contributed by atoms with Crippen LogP contribution in [0.2, 0.25) is 5.02 Å². The molecule has 3 aromatic carbocycles. The highest BCUT2D eigenvalue weighted by molar-refractivity contribution is 7.99. The molecule has 1 N–H and O–H groups in total. The number of benzene rings is 3. The number of rotatable bonds is 8. The quantitative estimate of drug-likeness (QED) is 0.372. The molecule has 0 radical (unpaired) electrons. The molecule has 5 nitrogen and oxygen atoms in total. The molecule has 1 saturated heterocycles. The minimum atomic E-state index is -3.72. The fourth-order valence-corrected chi connectivity index (χ4v) is 7.55. The van der Waals surface area contributed by atoms with Crippen LogP contribution < -0.4 is 5.32 Å². The molecule has 0 saturated carbocycles. The minimum Gasteiger partial charge on any atom is -0.352 e. The van der Waals surface area contributed by atoms with Crippen LogP contribution in [0.5, 0.6) is 0 Å². The molecule has 0 spiro atoms. The van der Waals surface area contributed by atoms with E-state index in [1.165, 1.54) is 17.8 Å². The highest BCUT2D eigenvalue weighted by Gasteiger charge is 2.32. The van der Waals surface area contributed by atoms with Crippen LogP contribution in [0.4, 0.5) is 0 Å². The van der Waals surface area contributed by atoms with Crippen molar-refractivity contribution in [2.45, 2.75) is 41.4 Å². The molecule has 0 aromatic heterocycles. The molecule has 36 heavy (non-hydrogen) atoms. The predicted octanol–water partition coefficient (Wildman–Crippen LogP) is 6.13. The zero-order valence-electron chi connectivity index (χ0n) is 20.5. The lowest BCUT2D eigenvalue weighted by molar-refractivity contribution is 0.0951. The van der Waals surface area contributed by atoms with E-state index in [-0.39, 0.29) is 10.8 Å². The Labute approximate surface area is 223 Å². The van der Waals surface area contributed by atoms with Crippen molar-refractivity contribution in [3.8, 4) is 0 Å². The fraction of sp³-hybridized carbons (Fsp3) is 0.321. The summed E-state index contributed by atoms with van der Waals surface area (Å²) in [6.07, 6.45) is 1.70. The third kappa shape index (κ3) is 6.71. The first kappa shape index (κ1) is 26.7. The summed E-state index contributed by atoms with van der Waals surface area (Å²) in [5, 5.41) is 3.57. The van der Waals surface area contributed by atoms with Gasteiger partial charge in [0.2, 0.25) is 10.0 Å². The van der Waals surface area contributed by atoms with E-state index >= 15 is 0 Å². The topological polar surface area (TPSA) is 66.5 Å². The van der Waals surface area contributed by atoms with Crippen molar-refractivity contribution in [2.75, 3.05) is 19.6 Å². The van der Waals surface area contributed by atoms with Crippen LogP contribution >= 0.6 is 23.4 Å². The molecule has 8 heteroatoms. The number of carbonyl (C=O) groups excluding carboxylic acids is 1. The van der Waals surface area contributed by atoms with Crippen molar-refractivity contribution >= 4 is 39.3 Å². The monoisotopic (exact) mass is 542 g/mol. The first-order chi connectivity index (χ1) is 17.2. The third-order valence-electron chi connectivity index (χ3n) is 6.23. The third-order valence-corrected chi connectivity index (χ3v) is 9.36. The summed E-state index contributed by atoms with van der Waals surface area (Å²) >= 11 is 7.55. The SMILES string of the molecule is C[C@H]1C[C@H](C)CN(S(=O)(=O)c2ccc(Sc3cccc(Cl)c3)c(C(=O)NCCc3ccccc3)c2)C1. The van der Waals surface area contributed by atoms with E-state index in [0.29, 0.717) is 53.4 Å². The van der Waals surface area contributed by atoms with E-state index in [2.05, 4.69) is 19.2 Å². The van der Waals surface area contributed by atoms with E-state index in [9.17, 15) is 13.2 Å². The molecule has 0 aliphatic carbocycles. The Morgan fingerprint density at radius 3 is 2.42 bits per heavy atom. The van der Waals surface area contributed by atoms with Gasteiger partial charge in [-0.05, 0) is 66.6 Å². The van der Waals surface area contributed by atoms with Crippen molar-refractivity contribution in [3.05, 3.63) is 88.9 Å². The number of piperidine rings is 1. The van der Waals surface area contributed by atoms with Gasteiger partial charge in [-0.1, -0.05) is 73.6 Å². The van der Waals surface area contributed by atoms with Gasteiger partial charge in [-0.2, -0.15) is 4.31 Å². The number of hydrogen-bond donors (Lipinski definition) is 1. The molecule has 0 unspecified atom stereocenters. The largest absolute Gasteiger partial charge is 0.352 e. The summed E-state index contributed by atoms with van der Waals surface area (Å²) in [7, 11) is -3.72. The number of hydrogen-bond acceptors (Lipinski definition) is 4. The maximum atomic E-state index is 13.5. The number of nitrogens with one attached hydrogen (secondary N) is 1. The van der Waals surface area contributed by atoms with E-state index in [1.54, 1.807) is 22.5 Å². The molecule has 3 aromatic rings. The zero-order valence-corrected chi connectivity index (χ0v) is 22.9. The average molecular weight is 543 g/mol. The predicted molar refractivity (Wildman–Crippen MR) is 146 cm³/mol. The van der Waals surface area contributed by atoms with Crippen LogP contribution in [0.3, 0.4) is 0 Å². The summed E-state index contributed by atoms with van der Waals surface area (Å²) in [6.45, 7) is 5.58. The van der Waals surface area contributed by atoms with Crippen molar-refractivity contribution < 1.29 is 13.2 Å². The summed E-state index contributed by atoms with van der Waals surface area (Å²) in [6, 6.07) is 22.1. The Morgan fingerprint density at radius 2 is 1.72 bits per heavy atom. The van der Waals surface area contributed by atoms with E-state index in [4.69, 9.17) is 11.6 Å². The number of halogens is 1. The second-order valence-corrected chi connectivity index (χ2v) is 13.0. The lowest BCUT2D eigenvalue weighted by Gasteiger charge is -2.34. The first-order valence-electron chi connectivity index (χ1n) is 12.1. The molecule has 4 rings (SSSR count). The molecule has 1 fully saturated rings. The van der Waals surface area contributed by atoms with Crippen molar-refractivity contribution in [2.24, 2.45) is 11.8 Å². The van der Waals surface area contributed by atoms with Crippen molar-refractivity contribution in [1.82, 2.24) is 9.62 Å². The number of nitrogens with zero attached hydrogens (tertiary/aromatic N) is 1. The Hall–Kier alpha value is -2.32. The number of sulfonamides is 1. The maximum Gasteiger partial charge on any atom is 0.252 e. The summed E-state index contributed by atoms with van der Waals surface area (Å²) in [4.78, 5) is 15.0. The Balaban J connectivity index is 1.62. The normalized spacial score (nSPS) is 18.6. The maximum absolute atomic E-state index is 13.5. The van der Waals surface area contributed by atoms with Gasteiger partial charge < -0.3 is 5.32 Å². The van der Waals surface area contributed by atoms with Gasteiger partial charge in [0.05, 0.1) is 10.5 Å². The minimum absolute atomic E-state index is 0.146. The highest BCUT2D eigenvalue weighted by atomic mass is 35.5. The average Bonchev–Trinajstić information content (AvgIpc) is 2.84. The Bertz CT molecular complexity index is 1310. The van der Waals surface area contributed by atoms with Gasteiger partial charge in [0.1, 0.15) is 0 Å². The van der Waals surface area contributed by atoms with Crippen LogP contribution in [0.1, 0.15) is 36.2 Å². The van der Waals surface area contributed by atoms with Crippen LogP contribution in [0, 0.1) is 11.8 Å². The molecule has 1 amide bonds. The van der Waals surface area contributed by atoms with Crippen LogP contribution in [0.25, 0.3) is 0 Å². The molecule has 190 valence electrons. The molecular formula is C28H31ClN2O3S2. The van der Waals surface area contributed by atoms with Gasteiger partial charge in [0, 0.05) is 34.4 Å². The highest BCUT2D eigenvalue weighted by Crippen LogP contribution is 2.34. The first-order valence-corrected chi connectivity index (χ1v) is 14.8. The summed E-state index contributed by atoms with van der Waals surface area (Å²) in [5.74, 6) is 0.289. The zero-order chi connectivity index (χ0) is 25.7. The van der Waals surface area contributed by atoms with Gasteiger partial charge in [-0.25, -0.2) is 8.42 Å². The standard InChI is InChI=1S/C28H31ClN2O3S2/c1-20-15-21(2)19-31(18-20)36(33,34)25-11-12-27(35-24-10-6-9-23(29)16-24)26(17-25)28(32)30-14-13-22-7-4-3-5-8-22/h3-12,16-17,20-21H,13-15,18-19H2,1-2H3,(H,30,32)/t20-,21-/m0/s1. The van der Waals surface area contributed by atoms with E-state index in [0.717, 1.165) is 16.9 Å². The van der Waals surface area contributed by atoms with E-state index in [1.807, 2.05) is 48.5 Å². The summed E-state index contributed by atoms with van der Waals surface area (Å²) < 4.78 is 28.6. The van der Waals surface area contributed by atoms with Crippen LogP contribution in [0.15, 0.2) is 87.5 Å². The number of amides is 1. The fourth-order valence-electron chi connectivity index (χ4n) is 4.60. The van der Waals surface area contributed by atoms with Gasteiger partial charge in [-0.3, -0.25) is 4.79 Å². The van der Waals surface area contributed by atoms with Crippen molar-refractivity contribution in [3.63, 3.8) is 0 Å². The number of carbonyl (C=O) groups is 1. The molecule has 1 heterocycles. The van der Waals surface area contributed by atoms with Crippen molar-refractivity contribution in [1.29, 1.82) is 0 Å². The van der Waals surface area contributed by atoms with Gasteiger partial charge in [0.15, 0.2) is 0 Å². The smallest absolute Gasteiger partial charge is 0.252 e. The second-order valence-electron chi connectivity index (χ2n) is 9.48. The molecular weight excluding hydrogens is 512 g/mol.